The van der Waals surface area contributed by atoms with E-state index in [0.29, 0.717) is 0 Å². The van der Waals surface area contributed by atoms with Crippen LogP contribution in [0.25, 0.3) is 5.57 Å². The SMILES string of the molecule is C=C(C)c1ccc(CCC2CN2C)cc1. The maximum atomic E-state index is 3.94. The van der Waals surface area contributed by atoms with Gasteiger partial charge in [-0.25, -0.2) is 0 Å². The molecule has 0 saturated carbocycles. The molecule has 0 spiro atoms. The van der Waals surface area contributed by atoms with E-state index in [1.165, 1.54) is 30.5 Å². The Morgan fingerprint density at radius 3 is 2.47 bits per heavy atom. The number of hydrogen-bond acceptors (Lipinski definition) is 1. The minimum absolute atomic E-state index is 0.839. The fraction of sp³-hybridized carbons (Fsp3) is 0.429. The van der Waals surface area contributed by atoms with Gasteiger partial charge in [0.05, 0.1) is 0 Å². The molecular weight excluding hydrogens is 182 g/mol. The van der Waals surface area contributed by atoms with Gasteiger partial charge in [0.15, 0.2) is 0 Å². The summed E-state index contributed by atoms with van der Waals surface area (Å²) in [6.07, 6.45) is 2.49. The van der Waals surface area contributed by atoms with Crippen molar-refractivity contribution in [3.05, 3.63) is 42.0 Å². The van der Waals surface area contributed by atoms with Gasteiger partial charge in [-0.15, -0.1) is 0 Å². The predicted octanol–water partition coefficient (Wildman–Crippen LogP) is 2.97. The second-order valence-corrected chi connectivity index (χ2v) is 4.61. The highest BCUT2D eigenvalue weighted by Gasteiger charge is 2.28. The van der Waals surface area contributed by atoms with Gasteiger partial charge in [0.25, 0.3) is 0 Å². The van der Waals surface area contributed by atoms with Crippen molar-refractivity contribution < 1.29 is 0 Å². The van der Waals surface area contributed by atoms with E-state index in [-0.39, 0.29) is 0 Å². The first kappa shape index (κ1) is 10.4. The largest absolute Gasteiger partial charge is 0.301 e. The standard InChI is InChI=1S/C14H19N/c1-11(2)13-7-4-12(5-8-13)6-9-14-10-15(14)3/h4-5,7-8,14H,1,6,9-10H2,2-3H3. The number of nitrogens with zero attached hydrogens (tertiary/aromatic N) is 1. The Bertz CT molecular complexity index is 350. The molecule has 1 aromatic carbocycles. The van der Waals surface area contributed by atoms with Crippen LogP contribution in [0.2, 0.25) is 0 Å². The van der Waals surface area contributed by atoms with Crippen LogP contribution in [0.3, 0.4) is 0 Å². The van der Waals surface area contributed by atoms with Crippen molar-refractivity contribution in [1.82, 2.24) is 4.90 Å². The lowest BCUT2D eigenvalue weighted by Crippen LogP contribution is -1.96. The molecule has 1 fully saturated rings. The Morgan fingerprint density at radius 1 is 1.40 bits per heavy atom. The maximum Gasteiger partial charge on any atom is 0.0223 e. The fourth-order valence-electron chi connectivity index (χ4n) is 1.89. The highest BCUT2D eigenvalue weighted by Crippen LogP contribution is 2.20. The van der Waals surface area contributed by atoms with Crippen molar-refractivity contribution in [1.29, 1.82) is 0 Å². The Balaban J connectivity index is 1.89. The number of aryl methyl sites for hydroxylation is 1. The third kappa shape index (κ3) is 2.69. The Morgan fingerprint density at radius 2 is 2.00 bits per heavy atom. The third-order valence-corrected chi connectivity index (χ3v) is 3.20. The summed E-state index contributed by atoms with van der Waals surface area (Å²) in [6.45, 7) is 7.27. The minimum atomic E-state index is 0.839. The van der Waals surface area contributed by atoms with Crippen LogP contribution in [-0.4, -0.2) is 24.5 Å². The van der Waals surface area contributed by atoms with Gasteiger partial charge in [-0.1, -0.05) is 36.4 Å². The van der Waals surface area contributed by atoms with Gasteiger partial charge in [0.2, 0.25) is 0 Å². The van der Waals surface area contributed by atoms with E-state index in [1.807, 2.05) is 6.92 Å². The molecule has 1 saturated heterocycles. The van der Waals surface area contributed by atoms with Crippen LogP contribution in [0.15, 0.2) is 30.8 Å². The monoisotopic (exact) mass is 201 g/mol. The number of allylic oxidation sites excluding steroid dienone is 1. The summed E-state index contributed by atoms with van der Waals surface area (Å²) in [4.78, 5) is 2.39. The Hall–Kier alpha value is -1.08. The molecule has 0 aromatic heterocycles. The van der Waals surface area contributed by atoms with Crippen LogP contribution < -0.4 is 0 Å². The highest BCUT2D eigenvalue weighted by atomic mass is 15.3. The Labute approximate surface area is 92.4 Å². The molecule has 1 heteroatoms. The molecule has 0 bridgehead atoms. The molecule has 0 amide bonds. The van der Waals surface area contributed by atoms with E-state index < -0.39 is 0 Å². The average molecular weight is 201 g/mol. The maximum absolute atomic E-state index is 3.94. The molecule has 2 atom stereocenters. The lowest BCUT2D eigenvalue weighted by molar-refractivity contribution is 0.587. The normalized spacial score (nSPS) is 23.9. The van der Waals surface area contributed by atoms with E-state index in [9.17, 15) is 0 Å². The highest BCUT2D eigenvalue weighted by molar-refractivity contribution is 5.61. The number of hydrogen-bond donors (Lipinski definition) is 0. The van der Waals surface area contributed by atoms with Crippen LogP contribution in [-0.2, 0) is 6.42 Å². The lowest BCUT2D eigenvalue weighted by Gasteiger charge is -2.03. The molecule has 15 heavy (non-hydrogen) atoms. The summed E-state index contributed by atoms with van der Waals surface area (Å²) in [6, 6.07) is 9.65. The van der Waals surface area contributed by atoms with Crippen molar-refractivity contribution in [3.63, 3.8) is 0 Å². The fourth-order valence-corrected chi connectivity index (χ4v) is 1.89. The molecule has 1 heterocycles. The zero-order chi connectivity index (χ0) is 10.8. The average Bonchev–Trinajstić information content (AvgIpc) is 2.92. The van der Waals surface area contributed by atoms with Crippen LogP contribution in [0.4, 0.5) is 0 Å². The first-order chi connectivity index (χ1) is 7.16. The molecule has 1 aromatic rings. The van der Waals surface area contributed by atoms with Crippen molar-refractivity contribution in [3.8, 4) is 0 Å². The third-order valence-electron chi connectivity index (χ3n) is 3.20. The second kappa shape index (κ2) is 4.19. The summed E-state index contributed by atoms with van der Waals surface area (Å²) < 4.78 is 0. The topological polar surface area (TPSA) is 3.01 Å². The van der Waals surface area contributed by atoms with Gasteiger partial charge in [0, 0.05) is 12.6 Å². The van der Waals surface area contributed by atoms with E-state index in [4.69, 9.17) is 0 Å². The van der Waals surface area contributed by atoms with Crippen LogP contribution in [0, 0.1) is 0 Å². The zero-order valence-electron chi connectivity index (χ0n) is 9.66. The molecule has 1 aliphatic heterocycles. The first-order valence-corrected chi connectivity index (χ1v) is 5.62. The van der Waals surface area contributed by atoms with Crippen LogP contribution in [0.5, 0.6) is 0 Å². The molecule has 1 nitrogen and oxygen atoms in total. The van der Waals surface area contributed by atoms with Gasteiger partial charge in [-0.3, -0.25) is 0 Å². The van der Waals surface area contributed by atoms with Crippen LogP contribution in [0.1, 0.15) is 24.5 Å². The van der Waals surface area contributed by atoms with Crippen molar-refractivity contribution in [2.24, 2.45) is 0 Å². The quantitative estimate of drug-likeness (QED) is 0.677. The smallest absolute Gasteiger partial charge is 0.0223 e. The molecule has 2 rings (SSSR count). The predicted molar refractivity (Wildman–Crippen MR) is 65.9 cm³/mol. The van der Waals surface area contributed by atoms with Gasteiger partial charge in [-0.2, -0.15) is 0 Å². The summed E-state index contributed by atoms with van der Waals surface area (Å²) in [5, 5.41) is 0. The van der Waals surface area contributed by atoms with Gasteiger partial charge < -0.3 is 4.90 Å². The second-order valence-electron chi connectivity index (χ2n) is 4.61. The van der Waals surface area contributed by atoms with E-state index >= 15 is 0 Å². The minimum Gasteiger partial charge on any atom is -0.301 e. The van der Waals surface area contributed by atoms with Crippen molar-refractivity contribution in [2.75, 3.05) is 13.6 Å². The summed E-state index contributed by atoms with van der Waals surface area (Å²) in [5.74, 6) is 0. The molecule has 2 unspecified atom stereocenters. The van der Waals surface area contributed by atoms with Gasteiger partial charge >= 0.3 is 0 Å². The van der Waals surface area contributed by atoms with Crippen molar-refractivity contribution >= 4 is 5.57 Å². The molecular formula is C14H19N. The summed E-state index contributed by atoms with van der Waals surface area (Å²) in [7, 11) is 2.19. The van der Waals surface area contributed by atoms with Crippen molar-refractivity contribution in [2.45, 2.75) is 25.8 Å². The zero-order valence-corrected chi connectivity index (χ0v) is 9.66. The summed E-state index contributed by atoms with van der Waals surface area (Å²) in [5.41, 5.74) is 3.84. The van der Waals surface area contributed by atoms with E-state index in [0.717, 1.165) is 11.6 Å². The first-order valence-electron chi connectivity index (χ1n) is 5.62. The van der Waals surface area contributed by atoms with E-state index in [1.54, 1.807) is 0 Å². The lowest BCUT2D eigenvalue weighted by atomic mass is 10.0. The molecule has 0 aliphatic carbocycles. The number of likely N-dealkylation sites (N-methyl/N-ethyl adjacent to an activating group) is 1. The van der Waals surface area contributed by atoms with Gasteiger partial charge in [-0.05, 0) is 37.9 Å². The molecule has 0 N–H and O–H groups in total. The number of benzene rings is 1. The molecule has 1 aliphatic rings. The Kier molecular flexibility index (Phi) is 2.92. The number of rotatable bonds is 4. The molecule has 0 radical (unpaired) electrons. The van der Waals surface area contributed by atoms with Crippen LogP contribution >= 0.6 is 0 Å². The summed E-state index contributed by atoms with van der Waals surface area (Å²) >= 11 is 0. The van der Waals surface area contributed by atoms with Gasteiger partial charge in [0.1, 0.15) is 0 Å². The molecule has 80 valence electrons. The van der Waals surface area contributed by atoms with E-state index in [2.05, 4.69) is 42.8 Å².